The van der Waals surface area contributed by atoms with E-state index in [4.69, 9.17) is 0 Å². The van der Waals surface area contributed by atoms with Crippen LogP contribution in [0.5, 0.6) is 0 Å². The van der Waals surface area contributed by atoms with Gasteiger partial charge in [-0.25, -0.2) is 0 Å². The summed E-state index contributed by atoms with van der Waals surface area (Å²) < 4.78 is 37.5. The fourth-order valence-corrected chi connectivity index (χ4v) is 1.15. The van der Waals surface area contributed by atoms with E-state index in [1.165, 1.54) is 0 Å². The van der Waals surface area contributed by atoms with Gasteiger partial charge in [0.2, 0.25) is 0 Å². The molecule has 0 radical (unpaired) electrons. The number of aromatic nitrogens is 2. The van der Waals surface area contributed by atoms with Gasteiger partial charge in [0, 0.05) is 12.4 Å². The van der Waals surface area contributed by atoms with Crippen LogP contribution in [0.4, 0.5) is 13.2 Å². The molecule has 1 heterocycles. The van der Waals surface area contributed by atoms with Gasteiger partial charge in [0.25, 0.3) is 0 Å². The summed E-state index contributed by atoms with van der Waals surface area (Å²) in [4.78, 5) is 22.7. The van der Waals surface area contributed by atoms with Crippen LogP contribution in [-0.4, -0.2) is 15.3 Å². The van der Waals surface area contributed by atoms with Gasteiger partial charge in [0.1, 0.15) is 6.54 Å². The third-order valence-electron chi connectivity index (χ3n) is 1.91. The minimum atomic E-state index is -4.54. The van der Waals surface area contributed by atoms with Gasteiger partial charge in [0.05, 0.1) is 6.54 Å². The first-order valence-corrected chi connectivity index (χ1v) is 4.61. The summed E-state index contributed by atoms with van der Waals surface area (Å²) in [5.41, 5.74) is -2.22. The Morgan fingerprint density at radius 1 is 1.18 bits per heavy atom. The highest BCUT2D eigenvalue weighted by molar-refractivity contribution is 4.97. The molecule has 0 unspecified atom stereocenters. The molecule has 0 atom stereocenters. The van der Waals surface area contributed by atoms with Crippen molar-refractivity contribution < 1.29 is 13.2 Å². The van der Waals surface area contributed by atoms with E-state index in [9.17, 15) is 22.8 Å². The maximum Gasteiger partial charge on any atom is 0.406 e. The van der Waals surface area contributed by atoms with Crippen LogP contribution in [0.25, 0.3) is 0 Å². The maximum atomic E-state index is 12.1. The average Bonchev–Trinajstić information content (AvgIpc) is 2.22. The Bertz CT molecular complexity index is 572. The van der Waals surface area contributed by atoms with Crippen molar-refractivity contribution in [2.24, 2.45) is 0 Å². The predicted octanol–water partition coefficient (Wildman–Crippen LogP) is 0.596. The number of halogens is 3. The largest absolute Gasteiger partial charge is 0.406 e. The molecule has 0 aliphatic rings. The molecule has 17 heavy (non-hydrogen) atoms. The smallest absolute Gasteiger partial charge is 0.300 e. The predicted molar refractivity (Wildman–Crippen MR) is 54.5 cm³/mol. The molecule has 0 bridgehead atoms. The quantitative estimate of drug-likeness (QED) is 0.566. The van der Waals surface area contributed by atoms with Gasteiger partial charge in [0.15, 0.2) is 0 Å². The lowest BCUT2D eigenvalue weighted by Gasteiger charge is -2.09. The first-order chi connectivity index (χ1) is 7.85. The van der Waals surface area contributed by atoms with Crippen LogP contribution in [0.15, 0.2) is 22.0 Å². The van der Waals surface area contributed by atoms with Gasteiger partial charge in [-0.1, -0.05) is 5.92 Å². The van der Waals surface area contributed by atoms with Crippen LogP contribution in [0.1, 0.15) is 6.92 Å². The minimum absolute atomic E-state index is 0.0164. The third kappa shape index (κ3) is 3.52. The van der Waals surface area contributed by atoms with E-state index < -0.39 is 23.8 Å². The lowest BCUT2D eigenvalue weighted by atomic mass is 10.5. The maximum absolute atomic E-state index is 12.1. The minimum Gasteiger partial charge on any atom is -0.300 e. The number of nitrogens with zero attached hydrogens (tertiary/aromatic N) is 2. The van der Waals surface area contributed by atoms with Gasteiger partial charge in [-0.3, -0.25) is 14.2 Å². The molecule has 0 amide bonds. The number of hydrogen-bond acceptors (Lipinski definition) is 2. The second-order valence-electron chi connectivity index (χ2n) is 3.21. The van der Waals surface area contributed by atoms with E-state index >= 15 is 0 Å². The van der Waals surface area contributed by atoms with Crippen molar-refractivity contribution in [2.45, 2.75) is 26.2 Å². The SMILES string of the molecule is CC#CCn1ccn(CC(F)(F)F)c(=O)c1=O. The Hall–Kier alpha value is -1.97. The van der Waals surface area contributed by atoms with Crippen LogP contribution in [0.3, 0.4) is 0 Å². The highest BCUT2D eigenvalue weighted by Gasteiger charge is 2.28. The van der Waals surface area contributed by atoms with Crippen LogP contribution in [0.2, 0.25) is 0 Å². The Labute approximate surface area is 94.3 Å². The van der Waals surface area contributed by atoms with Crippen molar-refractivity contribution in [1.82, 2.24) is 9.13 Å². The molecule has 0 N–H and O–H groups in total. The van der Waals surface area contributed by atoms with Crippen molar-refractivity contribution in [3.8, 4) is 11.8 Å². The summed E-state index contributed by atoms with van der Waals surface area (Å²) in [5.74, 6) is 5.06. The first-order valence-electron chi connectivity index (χ1n) is 4.61. The van der Waals surface area contributed by atoms with Gasteiger partial charge >= 0.3 is 17.3 Å². The van der Waals surface area contributed by atoms with E-state index in [0.717, 1.165) is 17.0 Å². The van der Waals surface area contributed by atoms with Crippen LogP contribution in [0, 0.1) is 11.8 Å². The van der Waals surface area contributed by atoms with E-state index in [1.807, 2.05) is 0 Å². The Kier molecular flexibility index (Phi) is 3.78. The molecule has 1 rings (SSSR count). The summed E-state index contributed by atoms with van der Waals surface area (Å²) in [6, 6.07) is 0. The topological polar surface area (TPSA) is 44.0 Å². The Morgan fingerprint density at radius 2 is 1.71 bits per heavy atom. The summed E-state index contributed by atoms with van der Waals surface area (Å²) in [6.07, 6.45) is -2.50. The number of alkyl halides is 3. The van der Waals surface area contributed by atoms with Crippen LogP contribution < -0.4 is 11.1 Å². The molecule has 0 spiro atoms. The zero-order valence-corrected chi connectivity index (χ0v) is 8.91. The second-order valence-corrected chi connectivity index (χ2v) is 3.21. The second kappa shape index (κ2) is 4.91. The van der Waals surface area contributed by atoms with Crippen LogP contribution >= 0.6 is 0 Å². The lowest BCUT2D eigenvalue weighted by Crippen LogP contribution is -2.42. The molecule has 0 saturated carbocycles. The molecule has 1 aromatic heterocycles. The fourth-order valence-electron chi connectivity index (χ4n) is 1.15. The molecule has 0 aliphatic heterocycles. The third-order valence-corrected chi connectivity index (χ3v) is 1.91. The summed E-state index contributed by atoms with van der Waals surface area (Å²) in [7, 11) is 0. The van der Waals surface area contributed by atoms with Gasteiger partial charge in [-0.05, 0) is 6.92 Å². The summed E-state index contributed by atoms with van der Waals surface area (Å²) in [5, 5.41) is 0. The average molecular weight is 246 g/mol. The highest BCUT2D eigenvalue weighted by Crippen LogP contribution is 2.15. The van der Waals surface area contributed by atoms with Crippen molar-refractivity contribution in [2.75, 3.05) is 0 Å². The Morgan fingerprint density at radius 3 is 2.24 bits per heavy atom. The van der Waals surface area contributed by atoms with E-state index in [-0.39, 0.29) is 6.54 Å². The summed E-state index contributed by atoms with van der Waals surface area (Å²) in [6.45, 7) is 0.0642. The monoisotopic (exact) mass is 246 g/mol. The molecular weight excluding hydrogens is 237 g/mol. The zero-order chi connectivity index (χ0) is 13.1. The zero-order valence-electron chi connectivity index (χ0n) is 8.91. The van der Waals surface area contributed by atoms with Crippen LogP contribution in [-0.2, 0) is 13.1 Å². The molecule has 92 valence electrons. The standard InChI is InChI=1S/C10H9F3N2O2/c1-2-3-4-14-5-6-15(7-10(11,12)13)9(17)8(14)16/h5-6H,4,7H2,1H3. The van der Waals surface area contributed by atoms with Crippen molar-refractivity contribution >= 4 is 0 Å². The molecule has 0 saturated heterocycles. The van der Waals surface area contributed by atoms with Crippen molar-refractivity contribution in [3.63, 3.8) is 0 Å². The van der Waals surface area contributed by atoms with Gasteiger partial charge < -0.3 is 4.57 Å². The number of hydrogen-bond donors (Lipinski definition) is 0. The molecule has 0 aromatic carbocycles. The fraction of sp³-hybridized carbons (Fsp3) is 0.400. The normalized spacial score (nSPS) is 10.8. The van der Waals surface area contributed by atoms with Crippen molar-refractivity contribution in [1.29, 1.82) is 0 Å². The van der Waals surface area contributed by atoms with E-state index in [0.29, 0.717) is 4.57 Å². The molecular formula is C10H9F3N2O2. The van der Waals surface area contributed by atoms with Gasteiger partial charge in [-0.15, -0.1) is 5.92 Å². The number of rotatable bonds is 2. The van der Waals surface area contributed by atoms with Crippen molar-refractivity contribution in [3.05, 3.63) is 33.1 Å². The van der Waals surface area contributed by atoms with E-state index in [1.54, 1.807) is 6.92 Å². The molecule has 0 aliphatic carbocycles. The molecule has 1 aromatic rings. The van der Waals surface area contributed by atoms with E-state index in [2.05, 4.69) is 11.8 Å². The van der Waals surface area contributed by atoms with Gasteiger partial charge in [-0.2, -0.15) is 13.2 Å². The summed E-state index contributed by atoms with van der Waals surface area (Å²) >= 11 is 0. The molecule has 7 heteroatoms. The molecule has 4 nitrogen and oxygen atoms in total. The first kappa shape index (κ1) is 13.1. The molecule has 0 fully saturated rings. The lowest BCUT2D eigenvalue weighted by molar-refractivity contribution is -0.141. The Balaban J connectivity index is 3.14. The highest BCUT2D eigenvalue weighted by atomic mass is 19.4.